The molecule has 0 bridgehead atoms. The van der Waals surface area contributed by atoms with Gasteiger partial charge in [-0.2, -0.15) is 0 Å². The number of hydrogen-bond acceptors (Lipinski definition) is 6. The molecule has 2 N–H and O–H groups in total. The van der Waals surface area contributed by atoms with Crippen LogP contribution in [0.15, 0.2) is 0 Å². The summed E-state index contributed by atoms with van der Waals surface area (Å²) >= 11 is 0. The highest BCUT2D eigenvalue weighted by Gasteiger charge is 2.32. The zero-order valence-electron chi connectivity index (χ0n) is 17.0. The topological polar surface area (TPSA) is 93.7 Å². The number of carbonyl (C=O) groups excluding carboxylic acids is 3. The Bertz CT molecular complexity index is 493. The average molecular weight is 407 g/mol. The van der Waals surface area contributed by atoms with Gasteiger partial charge in [0.25, 0.3) is 5.97 Å². The zero-order chi connectivity index (χ0) is 20.1. The second kappa shape index (κ2) is 9.10. The van der Waals surface area contributed by atoms with Gasteiger partial charge in [-0.1, -0.05) is 19.6 Å². The van der Waals surface area contributed by atoms with Crippen LogP contribution in [0.5, 0.6) is 0 Å². The fourth-order valence-electron chi connectivity index (χ4n) is 1.71. The number of amides is 1. The Morgan fingerprint density at radius 3 is 1.72 bits per heavy atom. The van der Waals surface area contributed by atoms with E-state index in [1.54, 1.807) is 0 Å². The van der Waals surface area contributed by atoms with Crippen LogP contribution >= 0.6 is 0 Å². The van der Waals surface area contributed by atoms with E-state index in [1.165, 1.54) is 0 Å². The minimum Gasteiger partial charge on any atom is -0.520 e. The van der Waals surface area contributed by atoms with E-state index in [2.05, 4.69) is 29.9 Å². The SMILES string of the molecule is C[Si](C)(C)NCC(=O)N[C@@H](CC(=O)O[Si](C)(C)C)C(=O)O[Si](C)(C)C. The van der Waals surface area contributed by atoms with Crippen molar-refractivity contribution in [3.05, 3.63) is 0 Å². The van der Waals surface area contributed by atoms with Gasteiger partial charge in [0.15, 0.2) is 0 Å². The monoisotopic (exact) mass is 406 g/mol. The first kappa shape index (κ1) is 24.0. The summed E-state index contributed by atoms with van der Waals surface area (Å²) in [6.07, 6.45) is -0.216. The molecular formula is C15H34N2O5Si3. The summed E-state index contributed by atoms with van der Waals surface area (Å²) in [5.41, 5.74) is 0. The second-order valence-corrected chi connectivity index (χ2v) is 22.8. The molecule has 0 heterocycles. The smallest absolute Gasteiger partial charge is 0.315 e. The van der Waals surface area contributed by atoms with Gasteiger partial charge in [-0.15, -0.1) is 0 Å². The van der Waals surface area contributed by atoms with Crippen molar-refractivity contribution in [1.29, 1.82) is 0 Å². The van der Waals surface area contributed by atoms with E-state index in [1.807, 2.05) is 39.3 Å². The van der Waals surface area contributed by atoms with Crippen LogP contribution in [-0.4, -0.2) is 55.3 Å². The standard InChI is InChI=1S/C15H34N2O5Si3/c1-23(2,3)16-11-13(18)17-12(15(20)22-25(7,8)9)10-14(19)21-24(4,5)6/h12,16H,10-11H2,1-9H3,(H,17,18)/t12-/m0/s1. The van der Waals surface area contributed by atoms with Crippen LogP contribution in [0.4, 0.5) is 0 Å². The molecule has 0 aromatic heterocycles. The van der Waals surface area contributed by atoms with E-state index in [0.717, 1.165) is 0 Å². The Kier molecular flexibility index (Phi) is 8.75. The van der Waals surface area contributed by atoms with Crippen molar-refractivity contribution in [2.45, 2.75) is 71.4 Å². The van der Waals surface area contributed by atoms with Crippen LogP contribution in [0.25, 0.3) is 0 Å². The van der Waals surface area contributed by atoms with Gasteiger partial charge in [-0.05, 0) is 39.3 Å². The van der Waals surface area contributed by atoms with Gasteiger partial charge in [0.05, 0.1) is 13.0 Å². The van der Waals surface area contributed by atoms with E-state index >= 15 is 0 Å². The van der Waals surface area contributed by atoms with E-state index in [0.29, 0.717) is 0 Å². The first-order chi connectivity index (χ1) is 11.0. The lowest BCUT2D eigenvalue weighted by Crippen LogP contribution is -2.52. The van der Waals surface area contributed by atoms with E-state index in [-0.39, 0.29) is 18.9 Å². The second-order valence-electron chi connectivity index (χ2n) is 9.05. The molecule has 10 heteroatoms. The number of hydrogen-bond donors (Lipinski definition) is 2. The lowest BCUT2D eigenvalue weighted by molar-refractivity contribution is -0.145. The van der Waals surface area contributed by atoms with Crippen molar-refractivity contribution >= 4 is 42.7 Å². The summed E-state index contributed by atoms with van der Waals surface area (Å²) in [5, 5.41) is 2.61. The minimum absolute atomic E-state index is 0.107. The van der Waals surface area contributed by atoms with E-state index < -0.39 is 42.9 Å². The minimum atomic E-state index is -2.13. The van der Waals surface area contributed by atoms with Gasteiger partial charge in [-0.25, -0.2) is 0 Å². The molecule has 0 aliphatic rings. The molecule has 0 aliphatic carbocycles. The molecule has 0 saturated heterocycles. The highest BCUT2D eigenvalue weighted by Crippen LogP contribution is 2.10. The predicted octanol–water partition coefficient (Wildman–Crippen LogP) is 2.04. The molecule has 0 rings (SSSR count). The average Bonchev–Trinajstić information content (AvgIpc) is 2.30. The lowest BCUT2D eigenvalue weighted by atomic mass is 10.2. The summed E-state index contributed by atoms with van der Waals surface area (Å²) in [6.45, 7) is 17.6. The Labute approximate surface area is 154 Å². The summed E-state index contributed by atoms with van der Waals surface area (Å²) in [7, 11) is -5.80. The van der Waals surface area contributed by atoms with Gasteiger partial charge in [0.1, 0.15) is 14.3 Å². The predicted molar refractivity (Wildman–Crippen MR) is 107 cm³/mol. The maximum Gasteiger partial charge on any atom is 0.315 e. The van der Waals surface area contributed by atoms with E-state index in [9.17, 15) is 14.4 Å². The summed E-state index contributed by atoms with van der Waals surface area (Å²) in [5.74, 6) is -1.40. The molecule has 0 saturated carbocycles. The normalized spacial score (nSPS) is 13.8. The molecule has 1 atom stereocenters. The highest BCUT2D eigenvalue weighted by atomic mass is 28.4. The molecule has 0 fully saturated rings. The summed E-state index contributed by atoms with van der Waals surface area (Å²) < 4.78 is 10.8. The maximum atomic E-state index is 12.4. The van der Waals surface area contributed by atoms with Gasteiger partial charge < -0.3 is 19.2 Å². The Morgan fingerprint density at radius 1 is 0.840 bits per heavy atom. The molecule has 0 aliphatic heterocycles. The van der Waals surface area contributed by atoms with Crippen LogP contribution in [0.3, 0.4) is 0 Å². The maximum absolute atomic E-state index is 12.4. The number of nitrogens with one attached hydrogen (secondary N) is 2. The third kappa shape index (κ3) is 13.9. The highest BCUT2D eigenvalue weighted by molar-refractivity contribution is 6.73. The first-order valence-corrected chi connectivity index (χ1v) is 18.8. The van der Waals surface area contributed by atoms with Crippen molar-refractivity contribution in [2.75, 3.05) is 6.54 Å². The molecule has 0 radical (unpaired) electrons. The number of rotatable bonds is 9. The third-order valence-corrected chi connectivity index (χ3v) is 5.49. The van der Waals surface area contributed by atoms with Crippen molar-refractivity contribution in [3.63, 3.8) is 0 Å². The van der Waals surface area contributed by atoms with Crippen molar-refractivity contribution in [3.8, 4) is 0 Å². The molecule has 7 nitrogen and oxygen atoms in total. The Morgan fingerprint density at radius 2 is 1.32 bits per heavy atom. The molecule has 0 spiro atoms. The van der Waals surface area contributed by atoms with Gasteiger partial charge in [-0.3, -0.25) is 14.4 Å². The first-order valence-electron chi connectivity index (χ1n) is 8.48. The third-order valence-electron chi connectivity index (χ3n) is 2.60. The van der Waals surface area contributed by atoms with Crippen LogP contribution in [0.1, 0.15) is 6.42 Å². The molecule has 0 aromatic carbocycles. The summed E-state index contributed by atoms with van der Waals surface area (Å²) in [4.78, 5) is 39.8. The van der Waals surface area contributed by atoms with Crippen LogP contribution in [0, 0.1) is 0 Å². The molecular weight excluding hydrogens is 372 g/mol. The fourth-order valence-corrected chi connectivity index (χ4v) is 3.91. The van der Waals surface area contributed by atoms with Crippen LogP contribution in [-0.2, 0) is 23.2 Å². The Balaban J connectivity index is 4.98. The van der Waals surface area contributed by atoms with Crippen molar-refractivity contribution < 1.29 is 23.2 Å². The van der Waals surface area contributed by atoms with Crippen molar-refractivity contribution in [1.82, 2.24) is 10.3 Å². The van der Waals surface area contributed by atoms with E-state index in [4.69, 9.17) is 8.85 Å². The number of carbonyl (C=O) groups is 3. The van der Waals surface area contributed by atoms with Gasteiger partial charge in [0.2, 0.25) is 22.5 Å². The Hall–Kier alpha value is -0.979. The largest absolute Gasteiger partial charge is 0.520 e. The van der Waals surface area contributed by atoms with Crippen LogP contribution < -0.4 is 10.3 Å². The fraction of sp³-hybridized carbons (Fsp3) is 0.800. The van der Waals surface area contributed by atoms with Gasteiger partial charge >= 0.3 is 5.97 Å². The molecule has 146 valence electrons. The zero-order valence-corrected chi connectivity index (χ0v) is 20.0. The quantitative estimate of drug-likeness (QED) is 0.569. The molecule has 1 amide bonds. The molecule has 25 heavy (non-hydrogen) atoms. The van der Waals surface area contributed by atoms with Crippen LogP contribution in [0.2, 0.25) is 58.9 Å². The molecule has 0 unspecified atom stereocenters. The summed E-state index contributed by atoms with van der Waals surface area (Å²) in [6, 6.07) is -1.02. The lowest BCUT2D eigenvalue weighted by Gasteiger charge is -2.25. The molecule has 0 aromatic rings. The van der Waals surface area contributed by atoms with Gasteiger partial charge in [0, 0.05) is 0 Å². The van der Waals surface area contributed by atoms with Crippen molar-refractivity contribution in [2.24, 2.45) is 0 Å².